The molecule has 0 radical (unpaired) electrons. The maximum absolute atomic E-state index is 12.1. The first-order valence-corrected chi connectivity index (χ1v) is 5.34. The maximum atomic E-state index is 12.1. The zero-order chi connectivity index (χ0) is 12.2. The van der Waals surface area contributed by atoms with Crippen LogP contribution >= 0.6 is 11.6 Å². The van der Waals surface area contributed by atoms with Crippen LogP contribution in [0, 0.1) is 0 Å². The number of rotatable bonds is 4. The molecule has 0 spiro atoms. The fourth-order valence-electron chi connectivity index (χ4n) is 1.34. The van der Waals surface area contributed by atoms with E-state index in [9.17, 15) is 13.2 Å². The Hall–Kier alpha value is -0.740. The van der Waals surface area contributed by atoms with Crippen molar-refractivity contribution in [1.29, 1.82) is 0 Å². The first kappa shape index (κ1) is 13.3. The highest BCUT2D eigenvalue weighted by Crippen LogP contribution is 2.22. The molecule has 0 amide bonds. The van der Waals surface area contributed by atoms with Gasteiger partial charge in [-0.1, -0.05) is 23.7 Å². The molecule has 0 saturated heterocycles. The molecule has 1 aromatic carbocycles. The van der Waals surface area contributed by atoms with Crippen LogP contribution in [0.5, 0.6) is 0 Å². The minimum Gasteiger partial charge on any atom is -0.320 e. The van der Waals surface area contributed by atoms with Gasteiger partial charge in [0, 0.05) is 5.02 Å². The lowest BCUT2D eigenvalue weighted by atomic mass is 10.1. The van der Waals surface area contributed by atoms with E-state index in [1.54, 1.807) is 24.3 Å². The second-order valence-corrected chi connectivity index (χ2v) is 4.10. The molecule has 1 aromatic rings. The van der Waals surface area contributed by atoms with Gasteiger partial charge >= 0.3 is 6.18 Å². The number of alkyl halides is 3. The quantitative estimate of drug-likeness (QED) is 0.870. The Balaban J connectivity index is 2.33. The molecule has 1 rings (SSSR count). The van der Waals surface area contributed by atoms with E-state index in [1.807, 2.05) is 0 Å². The highest BCUT2D eigenvalue weighted by Gasteiger charge is 2.35. The molecular formula is C11H13ClF3N. The first-order chi connectivity index (χ1) is 7.39. The van der Waals surface area contributed by atoms with Crippen molar-refractivity contribution in [3.05, 3.63) is 34.9 Å². The van der Waals surface area contributed by atoms with Gasteiger partial charge < -0.3 is 5.73 Å². The van der Waals surface area contributed by atoms with Crippen molar-refractivity contribution in [2.75, 3.05) is 0 Å². The van der Waals surface area contributed by atoms with E-state index in [4.69, 9.17) is 17.3 Å². The molecule has 0 aliphatic rings. The molecule has 0 saturated carbocycles. The third-order valence-electron chi connectivity index (χ3n) is 2.31. The second-order valence-electron chi connectivity index (χ2n) is 3.67. The Labute approximate surface area is 97.4 Å². The molecule has 0 unspecified atom stereocenters. The monoisotopic (exact) mass is 251 g/mol. The maximum Gasteiger partial charge on any atom is 0.403 e. The summed E-state index contributed by atoms with van der Waals surface area (Å²) in [6.07, 6.45) is -3.34. The van der Waals surface area contributed by atoms with Crippen molar-refractivity contribution in [1.82, 2.24) is 0 Å². The average Bonchev–Trinajstić information content (AvgIpc) is 2.19. The summed E-state index contributed by atoms with van der Waals surface area (Å²) in [7, 11) is 0. The van der Waals surface area contributed by atoms with Crippen molar-refractivity contribution >= 4 is 11.6 Å². The zero-order valence-corrected chi connectivity index (χ0v) is 9.35. The van der Waals surface area contributed by atoms with Gasteiger partial charge in [0.15, 0.2) is 0 Å². The Morgan fingerprint density at radius 2 is 1.75 bits per heavy atom. The van der Waals surface area contributed by atoms with Gasteiger partial charge in [-0.2, -0.15) is 13.2 Å². The topological polar surface area (TPSA) is 26.0 Å². The molecule has 0 fully saturated rings. The number of nitrogens with two attached hydrogens (primary N) is 1. The predicted molar refractivity (Wildman–Crippen MR) is 58.4 cm³/mol. The second kappa shape index (κ2) is 5.55. The van der Waals surface area contributed by atoms with Gasteiger partial charge in [-0.3, -0.25) is 0 Å². The molecule has 0 bridgehead atoms. The largest absolute Gasteiger partial charge is 0.403 e. The van der Waals surface area contributed by atoms with Crippen LogP contribution in [0.4, 0.5) is 13.2 Å². The number of hydrogen-bond donors (Lipinski definition) is 1. The molecule has 2 N–H and O–H groups in total. The number of halogens is 4. The summed E-state index contributed by atoms with van der Waals surface area (Å²) in [6.45, 7) is 0. The third-order valence-corrected chi connectivity index (χ3v) is 2.57. The van der Waals surface area contributed by atoms with Gasteiger partial charge in [0.05, 0.1) is 0 Å². The molecule has 0 heterocycles. The van der Waals surface area contributed by atoms with Gasteiger partial charge in [-0.25, -0.2) is 0 Å². The molecule has 0 aromatic heterocycles. The zero-order valence-electron chi connectivity index (χ0n) is 8.60. The third kappa shape index (κ3) is 4.41. The fourth-order valence-corrected chi connectivity index (χ4v) is 1.47. The van der Waals surface area contributed by atoms with Crippen LogP contribution in [-0.4, -0.2) is 12.2 Å². The van der Waals surface area contributed by atoms with Crippen molar-refractivity contribution in [3.8, 4) is 0 Å². The highest BCUT2D eigenvalue weighted by molar-refractivity contribution is 6.30. The lowest BCUT2D eigenvalue weighted by Crippen LogP contribution is -2.37. The van der Waals surface area contributed by atoms with E-state index in [2.05, 4.69) is 0 Å². The minimum absolute atomic E-state index is 0.0495. The van der Waals surface area contributed by atoms with Crippen LogP contribution in [0.15, 0.2) is 24.3 Å². The molecule has 1 nitrogen and oxygen atoms in total. The van der Waals surface area contributed by atoms with E-state index in [0.29, 0.717) is 17.9 Å². The summed E-state index contributed by atoms with van der Waals surface area (Å²) >= 11 is 5.69. The van der Waals surface area contributed by atoms with Gasteiger partial charge in [-0.05, 0) is 37.0 Å². The van der Waals surface area contributed by atoms with Crippen molar-refractivity contribution in [3.63, 3.8) is 0 Å². The van der Waals surface area contributed by atoms with E-state index in [0.717, 1.165) is 5.56 Å². The van der Waals surface area contributed by atoms with Gasteiger partial charge in [-0.15, -0.1) is 0 Å². The highest BCUT2D eigenvalue weighted by atomic mass is 35.5. The summed E-state index contributed by atoms with van der Waals surface area (Å²) in [5.41, 5.74) is 5.96. The Morgan fingerprint density at radius 1 is 1.19 bits per heavy atom. The fraction of sp³-hybridized carbons (Fsp3) is 0.455. The summed E-state index contributed by atoms with van der Waals surface area (Å²) < 4.78 is 36.3. The minimum atomic E-state index is -4.29. The molecule has 90 valence electrons. The summed E-state index contributed by atoms with van der Waals surface area (Å²) in [5.74, 6) is 0. The Morgan fingerprint density at radius 3 is 2.25 bits per heavy atom. The van der Waals surface area contributed by atoms with Crippen LogP contribution in [-0.2, 0) is 6.42 Å². The Kier molecular flexibility index (Phi) is 4.62. The van der Waals surface area contributed by atoms with E-state index < -0.39 is 12.2 Å². The normalized spacial score (nSPS) is 13.8. The summed E-state index contributed by atoms with van der Waals surface area (Å²) in [5, 5.41) is 0.621. The van der Waals surface area contributed by atoms with Crippen LogP contribution in [0.1, 0.15) is 18.4 Å². The predicted octanol–water partition coefficient (Wildman–Crippen LogP) is 3.55. The first-order valence-electron chi connectivity index (χ1n) is 4.96. The van der Waals surface area contributed by atoms with E-state index in [-0.39, 0.29) is 6.42 Å². The summed E-state index contributed by atoms with van der Waals surface area (Å²) in [4.78, 5) is 0. The molecule has 5 heteroatoms. The lowest BCUT2D eigenvalue weighted by molar-refractivity contribution is -0.149. The van der Waals surface area contributed by atoms with Crippen LogP contribution < -0.4 is 5.73 Å². The number of aryl methyl sites for hydroxylation is 1. The number of hydrogen-bond acceptors (Lipinski definition) is 1. The van der Waals surface area contributed by atoms with Gasteiger partial charge in [0.1, 0.15) is 6.04 Å². The van der Waals surface area contributed by atoms with Crippen molar-refractivity contribution in [2.24, 2.45) is 5.73 Å². The van der Waals surface area contributed by atoms with Crippen molar-refractivity contribution < 1.29 is 13.2 Å². The standard InChI is InChI=1S/C11H13ClF3N/c12-9-6-4-8(5-7-9)2-1-3-10(16)11(13,14)15/h4-7,10H,1-3,16H2/t10-/m0/s1. The van der Waals surface area contributed by atoms with Crippen LogP contribution in [0.2, 0.25) is 5.02 Å². The van der Waals surface area contributed by atoms with E-state index >= 15 is 0 Å². The van der Waals surface area contributed by atoms with E-state index in [1.165, 1.54) is 0 Å². The molecular weight excluding hydrogens is 239 g/mol. The van der Waals surface area contributed by atoms with Crippen LogP contribution in [0.25, 0.3) is 0 Å². The molecule has 1 atom stereocenters. The lowest BCUT2D eigenvalue weighted by Gasteiger charge is -2.14. The smallest absolute Gasteiger partial charge is 0.320 e. The molecule has 16 heavy (non-hydrogen) atoms. The number of benzene rings is 1. The SMILES string of the molecule is N[C@@H](CCCc1ccc(Cl)cc1)C(F)(F)F. The van der Waals surface area contributed by atoms with Gasteiger partial charge in [0.2, 0.25) is 0 Å². The molecule has 0 aliphatic carbocycles. The van der Waals surface area contributed by atoms with Crippen molar-refractivity contribution in [2.45, 2.75) is 31.5 Å². The molecule has 0 aliphatic heterocycles. The van der Waals surface area contributed by atoms with Crippen LogP contribution in [0.3, 0.4) is 0 Å². The Bertz CT molecular complexity index is 321. The summed E-state index contributed by atoms with van der Waals surface area (Å²) in [6, 6.07) is 5.34. The average molecular weight is 252 g/mol. The van der Waals surface area contributed by atoms with Gasteiger partial charge in [0.25, 0.3) is 0 Å².